The van der Waals surface area contributed by atoms with Crippen LogP contribution in [-0.2, 0) is 25.6 Å². The molecule has 0 fully saturated rings. The minimum atomic E-state index is -1.37. The Kier molecular flexibility index (Phi) is 17.6. The minimum absolute atomic E-state index is 0.00284. The quantitative estimate of drug-likeness (QED) is 0.0757. The van der Waals surface area contributed by atoms with Crippen molar-refractivity contribution in [3.63, 3.8) is 0 Å². The number of rotatable bonds is 17. The van der Waals surface area contributed by atoms with Gasteiger partial charge in [0.15, 0.2) is 0 Å². The van der Waals surface area contributed by atoms with Crippen LogP contribution >= 0.6 is 11.6 Å². The predicted molar refractivity (Wildman–Crippen MR) is 244 cm³/mol. The topological polar surface area (TPSA) is 257 Å². The minimum Gasteiger partial charge on any atom is -0.492 e. The lowest BCUT2D eigenvalue weighted by molar-refractivity contribution is -0.141. The number of unbranched alkanes of at least 4 members (excludes halogenated alkanes) is 1. The van der Waals surface area contributed by atoms with Crippen molar-refractivity contribution in [1.82, 2.24) is 26.2 Å². The van der Waals surface area contributed by atoms with E-state index in [-0.39, 0.29) is 39.1 Å². The first-order valence-electron chi connectivity index (χ1n) is 21.2. The Labute approximate surface area is 378 Å². The second-order valence-corrected chi connectivity index (χ2v) is 15.9. The van der Waals surface area contributed by atoms with Crippen molar-refractivity contribution in [1.29, 1.82) is 5.26 Å². The third kappa shape index (κ3) is 12.6. The highest BCUT2D eigenvalue weighted by atomic mass is 35.5. The van der Waals surface area contributed by atoms with E-state index in [1.165, 1.54) is 25.8 Å². The fraction of sp³-hybridized carbons (Fsp3) is 0.362. The molecule has 0 aromatic heterocycles. The average Bonchev–Trinajstić information content (AvgIpc) is 3.29. The number of hydrogen-bond acceptors (Lipinski definition) is 11. The van der Waals surface area contributed by atoms with Crippen molar-refractivity contribution >= 4 is 41.1 Å². The summed E-state index contributed by atoms with van der Waals surface area (Å²) in [6, 6.07) is 20.8. The molecule has 4 bridgehead atoms. The van der Waals surface area contributed by atoms with Crippen LogP contribution in [0.3, 0.4) is 0 Å². The largest absolute Gasteiger partial charge is 0.492 e. The number of nitrogens with zero attached hydrogens (tertiary/aromatic N) is 2. The van der Waals surface area contributed by atoms with Crippen LogP contribution in [0.25, 0.3) is 22.3 Å². The zero-order chi connectivity index (χ0) is 46.3. The van der Waals surface area contributed by atoms with Crippen LogP contribution in [0.15, 0.2) is 84.9 Å². The summed E-state index contributed by atoms with van der Waals surface area (Å²) in [6.07, 6.45) is 1.28. The Morgan fingerprint density at radius 2 is 1.44 bits per heavy atom. The van der Waals surface area contributed by atoms with Crippen molar-refractivity contribution in [2.75, 3.05) is 39.9 Å². The summed E-state index contributed by atoms with van der Waals surface area (Å²) in [5.74, 6) is -2.32. The molecule has 5 atom stereocenters. The second-order valence-electron chi connectivity index (χ2n) is 15.5. The number of nitrogens with one attached hydrogen (secondary N) is 4. The Hall–Kier alpha value is -6.51. The van der Waals surface area contributed by atoms with Crippen LogP contribution in [0.4, 0.5) is 0 Å². The molecule has 0 unspecified atom stereocenters. The molecular weight excluding hydrogens is 838 g/mol. The molecule has 0 aliphatic carbocycles. The van der Waals surface area contributed by atoms with E-state index in [1.807, 2.05) is 18.2 Å². The van der Waals surface area contributed by atoms with Crippen molar-refractivity contribution < 1.29 is 33.4 Å². The maximum Gasteiger partial charge on any atom is 0.251 e. The van der Waals surface area contributed by atoms with E-state index >= 15 is 0 Å². The first-order chi connectivity index (χ1) is 30.8. The first kappa shape index (κ1) is 48.5. The molecule has 0 radical (unpaired) electrons. The normalized spacial score (nSPS) is 17.0. The smallest absolute Gasteiger partial charge is 0.251 e. The Morgan fingerprint density at radius 3 is 2.05 bits per heavy atom. The van der Waals surface area contributed by atoms with E-state index in [0.29, 0.717) is 63.7 Å². The molecule has 10 N–H and O–H groups in total. The number of hydrogen-bond donors (Lipinski definition) is 7. The summed E-state index contributed by atoms with van der Waals surface area (Å²) in [5, 5.41) is 21.0. The number of carbonyl (C=O) groups is 5. The Bertz CT molecular complexity index is 2320. The van der Waals surface area contributed by atoms with Crippen LogP contribution in [-0.4, -0.2) is 98.5 Å². The molecule has 1 aliphatic rings. The Balaban J connectivity index is 1.59. The lowest BCUT2D eigenvalue weighted by Gasteiger charge is -2.33. The first-order valence-corrected chi connectivity index (χ1v) is 21.5. The summed E-state index contributed by atoms with van der Waals surface area (Å²) in [5.41, 5.74) is 21.5. The number of fused-ring (bicyclic) bond motifs is 5. The summed E-state index contributed by atoms with van der Waals surface area (Å²) < 4.78 is 12.2. The van der Waals surface area contributed by atoms with Gasteiger partial charge in [0.05, 0.1) is 6.07 Å². The van der Waals surface area contributed by atoms with Gasteiger partial charge in [-0.15, -0.1) is 0 Å². The third-order valence-corrected chi connectivity index (χ3v) is 10.9. The van der Waals surface area contributed by atoms with Gasteiger partial charge in [0.2, 0.25) is 23.6 Å². The van der Waals surface area contributed by atoms with Gasteiger partial charge in [-0.2, -0.15) is 5.26 Å². The van der Waals surface area contributed by atoms with Gasteiger partial charge in [0.25, 0.3) is 5.91 Å². The van der Waals surface area contributed by atoms with Crippen molar-refractivity contribution in [3.05, 3.63) is 107 Å². The SMILES string of the molecule is C[C@@H]1NC(=O)[C@@H](N(C)C(=O)[C@H](CCCCN)NC(=O)c2ccc(-c3ccc(Cl)cc3)cc2)c2ccc(OCCN)c(c2)-c2cc(ccc2OCCN)C[C@@H](C(=O)N[C@@H](C)C#N)NC1=O. The number of halogens is 1. The van der Waals surface area contributed by atoms with Gasteiger partial charge >= 0.3 is 0 Å². The van der Waals surface area contributed by atoms with Crippen LogP contribution in [0.1, 0.15) is 60.6 Å². The highest BCUT2D eigenvalue weighted by Gasteiger charge is 2.36. The molecule has 0 saturated heterocycles. The fourth-order valence-corrected chi connectivity index (χ4v) is 7.38. The molecule has 0 saturated carbocycles. The highest BCUT2D eigenvalue weighted by Crippen LogP contribution is 2.40. The molecule has 338 valence electrons. The van der Waals surface area contributed by atoms with Gasteiger partial charge in [0.1, 0.15) is 54.9 Å². The van der Waals surface area contributed by atoms with Crippen molar-refractivity contribution in [2.45, 2.75) is 69.7 Å². The van der Waals surface area contributed by atoms with Crippen LogP contribution in [0.5, 0.6) is 11.5 Å². The zero-order valence-electron chi connectivity index (χ0n) is 36.2. The number of nitrogens with two attached hydrogens (primary N) is 3. The lowest BCUT2D eigenvalue weighted by Crippen LogP contribution is -2.56. The summed E-state index contributed by atoms with van der Waals surface area (Å²) >= 11 is 6.07. The van der Waals surface area contributed by atoms with Crippen LogP contribution < -0.4 is 47.9 Å². The summed E-state index contributed by atoms with van der Waals surface area (Å²) in [6.45, 7) is 4.02. The Morgan fingerprint density at radius 1 is 0.828 bits per heavy atom. The monoisotopic (exact) mass is 893 g/mol. The summed E-state index contributed by atoms with van der Waals surface area (Å²) in [7, 11) is 1.45. The lowest BCUT2D eigenvalue weighted by atomic mass is 9.93. The molecule has 5 amide bonds. The maximum atomic E-state index is 14.8. The van der Waals surface area contributed by atoms with Gasteiger partial charge in [-0.3, -0.25) is 24.0 Å². The fourth-order valence-electron chi connectivity index (χ4n) is 7.25. The van der Waals surface area contributed by atoms with Crippen molar-refractivity contribution in [2.24, 2.45) is 17.2 Å². The third-order valence-electron chi connectivity index (χ3n) is 10.6. The number of amides is 5. The number of ether oxygens (including phenoxy) is 2. The molecular formula is C47H56ClN9O7. The zero-order valence-corrected chi connectivity index (χ0v) is 37.0. The van der Waals surface area contributed by atoms with Crippen LogP contribution in [0.2, 0.25) is 5.02 Å². The molecule has 5 rings (SSSR count). The van der Waals surface area contributed by atoms with E-state index in [4.69, 9.17) is 38.3 Å². The standard InChI is InChI=1S/C47H56ClN9O7/c1-28(27-52)53-45(60)39-25-30-7-17-40(63-22-20-50)36(24-30)37-26-34(14-18-41(37)64-23-21-51)42(46(61)54-29(2)43(58)56-39)57(3)47(62)38(6-4-5-19-49)55-44(59)33-10-8-31(9-11-33)32-12-15-35(48)16-13-32/h7-18,24,26,28-29,38-39,42H,4-6,19-23,25,49-51H2,1-3H3,(H,53,60)(H,54,61)(H,55,59)(H,56,58)/t28-,29-,38-,39-,42-/m0/s1. The van der Waals surface area contributed by atoms with Crippen molar-refractivity contribution in [3.8, 4) is 39.8 Å². The van der Waals surface area contributed by atoms with Gasteiger partial charge in [0, 0.05) is 48.3 Å². The van der Waals surface area contributed by atoms with Gasteiger partial charge in [-0.25, -0.2) is 0 Å². The maximum absolute atomic E-state index is 14.8. The van der Waals surface area contributed by atoms with Gasteiger partial charge in [-0.05, 0) is 110 Å². The van der Waals surface area contributed by atoms with Gasteiger partial charge in [-0.1, -0.05) is 48.0 Å². The number of nitriles is 1. The van der Waals surface area contributed by atoms with E-state index < -0.39 is 59.7 Å². The molecule has 4 aromatic rings. The van der Waals surface area contributed by atoms with E-state index in [9.17, 15) is 29.2 Å². The van der Waals surface area contributed by atoms with E-state index in [0.717, 1.165) is 11.1 Å². The number of benzene rings is 4. The van der Waals surface area contributed by atoms with Gasteiger partial charge < -0.3 is 52.8 Å². The molecule has 64 heavy (non-hydrogen) atoms. The molecule has 4 aromatic carbocycles. The van der Waals surface area contributed by atoms with E-state index in [1.54, 1.807) is 72.8 Å². The summed E-state index contributed by atoms with van der Waals surface area (Å²) in [4.78, 5) is 71.8. The van der Waals surface area contributed by atoms with E-state index in [2.05, 4.69) is 21.3 Å². The van der Waals surface area contributed by atoms with Crippen LogP contribution in [0, 0.1) is 11.3 Å². The number of carbonyl (C=O) groups excluding carboxylic acids is 5. The second kappa shape index (κ2) is 23.3. The highest BCUT2D eigenvalue weighted by molar-refractivity contribution is 6.30. The molecule has 0 spiro atoms. The molecule has 1 heterocycles. The molecule has 17 heteroatoms. The molecule has 16 nitrogen and oxygen atoms in total. The average molecular weight is 894 g/mol. The predicted octanol–water partition coefficient (Wildman–Crippen LogP) is 3.35. The number of likely N-dealkylation sites (N-methyl/N-ethyl adjacent to an activating group) is 1. The molecule has 1 aliphatic heterocycles.